The molecule has 0 unspecified atom stereocenters. The third kappa shape index (κ3) is 3.14. The molecule has 0 heterocycles. The maximum atomic E-state index is 12.0. The Balaban J connectivity index is 2.31. The van der Waals surface area contributed by atoms with Crippen LogP contribution in [-0.2, 0) is 0 Å². The minimum atomic E-state index is -0.731. The van der Waals surface area contributed by atoms with Gasteiger partial charge in [0.05, 0.1) is 11.3 Å². The molecule has 3 N–H and O–H groups in total. The summed E-state index contributed by atoms with van der Waals surface area (Å²) < 4.78 is 0. The van der Waals surface area contributed by atoms with E-state index in [2.05, 4.69) is 5.32 Å². The molecular weight excluding hydrogens is 280 g/mol. The van der Waals surface area contributed by atoms with Crippen LogP contribution in [0.4, 0.5) is 5.69 Å². The molecule has 6 heteroatoms. The van der Waals surface area contributed by atoms with Crippen LogP contribution in [0.3, 0.4) is 0 Å². The number of anilines is 1. The van der Waals surface area contributed by atoms with Gasteiger partial charge in [0.2, 0.25) is 0 Å². The van der Waals surface area contributed by atoms with Crippen LogP contribution in [0, 0.1) is 0 Å². The number of amides is 2. The first-order valence-electron chi connectivity index (χ1n) is 5.72. The molecule has 0 atom stereocenters. The lowest BCUT2D eigenvalue weighted by atomic mass is 10.1. The van der Waals surface area contributed by atoms with E-state index in [-0.39, 0.29) is 17.2 Å². The lowest BCUT2D eigenvalue weighted by Gasteiger charge is -2.10. The molecule has 0 aliphatic heterocycles. The van der Waals surface area contributed by atoms with Gasteiger partial charge in [-0.05, 0) is 30.3 Å². The minimum absolute atomic E-state index is 0.112. The SMILES string of the molecule is O=C(Nc1cc(Cl)ccc1C(=O)NO)c1ccccc1. The number of carbonyl (C=O) groups is 2. The van der Waals surface area contributed by atoms with Gasteiger partial charge in [-0.3, -0.25) is 14.8 Å². The first kappa shape index (κ1) is 14.0. The number of rotatable bonds is 3. The highest BCUT2D eigenvalue weighted by Gasteiger charge is 2.14. The molecule has 0 bridgehead atoms. The highest BCUT2D eigenvalue weighted by Crippen LogP contribution is 2.21. The Morgan fingerprint density at radius 1 is 1.00 bits per heavy atom. The van der Waals surface area contributed by atoms with E-state index in [9.17, 15) is 9.59 Å². The zero-order valence-electron chi connectivity index (χ0n) is 10.3. The molecule has 2 amide bonds. The largest absolute Gasteiger partial charge is 0.321 e. The van der Waals surface area contributed by atoms with Crippen molar-refractivity contribution in [3.8, 4) is 0 Å². The Labute approximate surface area is 120 Å². The summed E-state index contributed by atoms with van der Waals surface area (Å²) in [7, 11) is 0. The van der Waals surface area contributed by atoms with E-state index >= 15 is 0 Å². The van der Waals surface area contributed by atoms with Crippen molar-refractivity contribution in [2.75, 3.05) is 5.32 Å². The van der Waals surface area contributed by atoms with Gasteiger partial charge in [0, 0.05) is 10.6 Å². The Morgan fingerprint density at radius 3 is 2.35 bits per heavy atom. The summed E-state index contributed by atoms with van der Waals surface area (Å²) in [5, 5.41) is 11.6. The van der Waals surface area contributed by atoms with Gasteiger partial charge in [-0.2, -0.15) is 0 Å². The molecule has 0 fully saturated rings. The normalized spacial score (nSPS) is 9.90. The Morgan fingerprint density at radius 2 is 1.70 bits per heavy atom. The lowest BCUT2D eigenvalue weighted by molar-refractivity contribution is 0.0707. The molecule has 102 valence electrons. The second-order valence-electron chi connectivity index (χ2n) is 3.95. The van der Waals surface area contributed by atoms with Crippen molar-refractivity contribution in [3.63, 3.8) is 0 Å². The minimum Gasteiger partial charge on any atom is -0.321 e. The van der Waals surface area contributed by atoms with Gasteiger partial charge >= 0.3 is 0 Å². The van der Waals surface area contributed by atoms with E-state index in [0.717, 1.165) is 0 Å². The fourth-order valence-electron chi connectivity index (χ4n) is 1.66. The smallest absolute Gasteiger partial charge is 0.276 e. The Hall–Kier alpha value is -2.37. The fraction of sp³-hybridized carbons (Fsp3) is 0. The van der Waals surface area contributed by atoms with E-state index in [4.69, 9.17) is 16.8 Å². The highest BCUT2D eigenvalue weighted by molar-refractivity contribution is 6.31. The summed E-state index contributed by atoms with van der Waals surface area (Å²) in [6, 6.07) is 12.9. The summed E-state index contributed by atoms with van der Waals surface area (Å²) in [5.74, 6) is -1.11. The van der Waals surface area contributed by atoms with Crippen molar-refractivity contribution in [1.29, 1.82) is 0 Å². The van der Waals surface area contributed by atoms with Crippen molar-refractivity contribution in [2.45, 2.75) is 0 Å². The van der Waals surface area contributed by atoms with E-state index in [0.29, 0.717) is 10.6 Å². The summed E-state index contributed by atoms with van der Waals surface area (Å²) in [4.78, 5) is 23.5. The van der Waals surface area contributed by atoms with Gasteiger partial charge in [-0.25, -0.2) is 5.48 Å². The molecule has 0 aliphatic carbocycles. The maximum absolute atomic E-state index is 12.0. The zero-order chi connectivity index (χ0) is 14.5. The molecule has 0 aromatic heterocycles. The second kappa shape index (κ2) is 6.18. The van der Waals surface area contributed by atoms with Gasteiger partial charge in [-0.1, -0.05) is 29.8 Å². The number of hydrogen-bond donors (Lipinski definition) is 3. The van der Waals surface area contributed by atoms with Crippen molar-refractivity contribution < 1.29 is 14.8 Å². The summed E-state index contributed by atoms with van der Waals surface area (Å²) in [6.45, 7) is 0. The monoisotopic (exact) mass is 290 g/mol. The van der Waals surface area contributed by atoms with E-state index in [1.165, 1.54) is 23.7 Å². The van der Waals surface area contributed by atoms with Crippen LogP contribution in [0.2, 0.25) is 5.02 Å². The van der Waals surface area contributed by atoms with Crippen LogP contribution < -0.4 is 10.8 Å². The molecule has 5 nitrogen and oxygen atoms in total. The van der Waals surface area contributed by atoms with Crippen molar-refractivity contribution in [1.82, 2.24) is 5.48 Å². The number of halogens is 1. The van der Waals surface area contributed by atoms with Gasteiger partial charge in [0.15, 0.2) is 0 Å². The van der Waals surface area contributed by atoms with Crippen LogP contribution in [0.15, 0.2) is 48.5 Å². The third-order valence-electron chi connectivity index (χ3n) is 2.61. The maximum Gasteiger partial charge on any atom is 0.276 e. The van der Waals surface area contributed by atoms with E-state index in [1.807, 2.05) is 0 Å². The average molecular weight is 291 g/mol. The molecule has 0 spiro atoms. The predicted molar refractivity (Wildman–Crippen MR) is 75.1 cm³/mol. The van der Waals surface area contributed by atoms with Crippen LogP contribution in [-0.4, -0.2) is 17.0 Å². The number of hydrogen-bond acceptors (Lipinski definition) is 3. The lowest BCUT2D eigenvalue weighted by Crippen LogP contribution is -2.22. The van der Waals surface area contributed by atoms with Crippen LogP contribution in [0.1, 0.15) is 20.7 Å². The predicted octanol–water partition coefficient (Wildman–Crippen LogP) is 2.71. The van der Waals surface area contributed by atoms with E-state index < -0.39 is 5.91 Å². The summed E-state index contributed by atoms with van der Waals surface area (Å²) in [6.07, 6.45) is 0. The van der Waals surface area contributed by atoms with Gasteiger partial charge < -0.3 is 5.32 Å². The van der Waals surface area contributed by atoms with Crippen LogP contribution >= 0.6 is 11.6 Å². The molecule has 2 aromatic rings. The molecule has 0 radical (unpaired) electrons. The number of nitrogens with one attached hydrogen (secondary N) is 2. The number of hydroxylamine groups is 1. The van der Waals surface area contributed by atoms with Crippen LogP contribution in [0.5, 0.6) is 0 Å². The summed E-state index contributed by atoms with van der Waals surface area (Å²) in [5.41, 5.74) is 2.30. The fourth-order valence-corrected chi connectivity index (χ4v) is 1.83. The van der Waals surface area contributed by atoms with Crippen molar-refractivity contribution in [3.05, 3.63) is 64.7 Å². The first-order chi connectivity index (χ1) is 9.61. The molecule has 0 saturated carbocycles. The number of carbonyl (C=O) groups excluding carboxylic acids is 2. The first-order valence-corrected chi connectivity index (χ1v) is 6.10. The van der Waals surface area contributed by atoms with Crippen LogP contribution in [0.25, 0.3) is 0 Å². The van der Waals surface area contributed by atoms with E-state index in [1.54, 1.807) is 30.3 Å². The molecule has 20 heavy (non-hydrogen) atoms. The van der Waals surface area contributed by atoms with Gasteiger partial charge in [-0.15, -0.1) is 0 Å². The molecule has 0 aliphatic rings. The standard InChI is InChI=1S/C14H11ClN2O3/c15-10-6-7-11(14(19)17-20)12(8-10)16-13(18)9-4-2-1-3-5-9/h1-8,20H,(H,16,18)(H,17,19). The highest BCUT2D eigenvalue weighted by atomic mass is 35.5. The van der Waals surface area contributed by atoms with Crippen molar-refractivity contribution >= 4 is 29.1 Å². The Bertz CT molecular complexity index is 644. The molecule has 2 aromatic carbocycles. The quantitative estimate of drug-likeness (QED) is 0.601. The summed E-state index contributed by atoms with van der Waals surface area (Å²) >= 11 is 5.85. The second-order valence-corrected chi connectivity index (χ2v) is 4.39. The topological polar surface area (TPSA) is 78.4 Å². The Kier molecular flexibility index (Phi) is 4.34. The van der Waals surface area contributed by atoms with Gasteiger partial charge in [0.25, 0.3) is 11.8 Å². The number of benzene rings is 2. The van der Waals surface area contributed by atoms with Crippen molar-refractivity contribution in [2.24, 2.45) is 0 Å². The zero-order valence-corrected chi connectivity index (χ0v) is 11.0. The molecule has 0 saturated heterocycles. The van der Waals surface area contributed by atoms with Gasteiger partial charge in [0.1, 0.15) is 0 Å². The molecule has 2 rings (SSSR count). The molecular formula is C14H11ClN2O3. The average Bonchev–Trinajstić information content (AvgIpc) is 2.47. The third-order valence-corrected chi connectivity index (χ3v) is 2.85.